The van der Waals surface area contributed by atoms with Crippen LogP contribution >= 0.6 is 11.6 Å². The molecule has 16 heavy (non-hydrogen) atoms. The second-order valence-corrected chi connectivity index (χ2v) is 4.77. The molecule has 0 amide bonds. The lowest BCUT2D eigenvalue weighted by molar-refractivity contribution is 0.174. The highest BCUT2D eigenvalue weighted by Gasteiger charge is 2.20. The fourth-order valence-electron chi connectivity index (χ4n) is 2.32. The summed E-state index contributed by atoms with van der Waals surface area (Å²) in [6.45, 7) is 2.51. The summed E-state index contributed by atoms with van der Waals surface area (Å²) < 4.78 is 10.6. The third-order valence-electron chi connectivity index (χ3n) is 3.21. The van der Waals surface area contributed by atoms with E-state index in [0.29, 0.717) is 12.7 Å². The van der Waals surface area contributed by atoms with Gasteiger partial charge in [-0.25, -0.2) is 0 Å². The van der Waals surface area contributed by atoms with Crippen molar-refractivity contribution in [3.05, 3.63) is 22.7 Å². The van der Waals surface area contributed by atoms with Gasteiger partial charge >= 0.3 is 0 Å². The highest BCUT2D eigenvalue weighted by Crippen LogP contribution is 2.37. The Morgan fingerprint density at radius 3 is 2.88 bits per heavy atom. The van der Waals surface area contributed by atoms with Crippen molar-refractivity contribution in [2.45, 2.75) is 12.8 Å². The first-order valence-corrected chi connectivity index (χ1v) is 5.99. The molecule has 0 aromatic heterocycles. The Bertz CT molecular complexity index is 402. The molecule has 1 N–H and O–H groups in total. The van der Waals surface area contributed by atoms with E-state index in [0.717, 1.165) is 36.0 Å². The van der Waals surface area contributed by atoms with E-state index in [2.05, 4.69) is 5.32 Å². The van der Waals surface area contributed by atoms with Crippen LogP contribution in [0.1, 0.15) is 12.0 Å². The fourth-order valence-corrected chi connectivity index (χ4v) is 2.55. The number of ether oxygens (including phenoxy) is 2. The van der Waals surface area contributed by atoms with Crippen LogP contribution in [0.4, 0.5) is 0 Å². The quantitative estimate of drug-likeness (QED) is 0.859. The molecule has 1 unspecified atom stereocenters. The van der Waals surface area contributed by atoms with E-state index in [1.807, 2.05) is 12.1 Å². The van der Waals surface area contributed by atoms with Gasteiger partial charge in [-0.2, -0.15) is 0 Å². The zero-order valence-corrected chi connectivity index (χ0v) is 9.72. The molecule has 0 bridgehead atoms. The van der Waals surface area contributed by atoms with Crippen LogP contribution < -0.4 is 14.8 Å². The van der Waals surface area contributed by atoms with Crippen LogP contribution in [0.2, 0.25) is 5.02 Å². The molecule has 1 aromatic carbocycles. The molecule has 3 nitrogen and oxygen atoms in total. The van der Waals surface area contributed by atoms with Crippen molar-refractivity contribution in [3.8, 4) is 11.5 Å². The molecule has 1 aromatic rings. The summed E-state index contributed by atoms with van der Waals surface area (Å²) in [7, 11) is 0. The summed E-state index contributed by atoms with van der Waals surface area (Å²) in [5.41, 5.74) is 1.17. The molecule has 1 saturated heterocycles. The van der Waals surface area contributed by atoms with E-state index in [4.69, 9.17) is 21.1 Å². The van der Waals surface area contributed by atoms with Gasteiger partial charge in [0.1, 0.15) is 0 Å². The SMILES string of the molecule is Clc1cc2c(cc1CC1CCNC1)OCO2. The van der Waals surface area contributed by atoms with Gasteiger partial charge in [0, 0.05) is 11.1 Å². The molecule has 3 rings (SSSR count). The summed E-state index contributed by atoms with van der Waals surface area (Å²) in [5, 5.41) is 4.15. The van der Waals surface area contributed by atoms with Crippen LogP contribution in [-0.2, 0) is 6.42 Å². The number of nitrogens with one attached hydrogen (secondary N) is 1. The Hall–Kier alpha value is -0.930. The van der Waals surface area contributed by atoms with Crippen molar-refractivity contribution in [3.63, 3.8) is 0 Å². The van der Waals surface area contributed by atoms with Gasteiger partial charge in [0.25, 0.3) is 0 Å². The van der Waals surface area contributed by atoms with Gasteiger partial charge in [0.15, 0.2) is 11.5 Å². The minimum atomic E-state index is 0.306. The van der Waals surface area contributed by atoms with Gasteiger partial charge in [-0.05, 0) is 43.5 Å². The molecule has 2 aliphatic rings. The van der Waals surface area contributed by atoms with E-state index in [1.165, 1.54) is 12.0 Å². The maximum absolute atomic E-state index is 6.23. The summed E-state index contributed by atoms with van der Waals surface area (Å²) in [6, 6.07) is 3.88. The summed E-state index contributed by atoms with van der Waals surface area (Å²) in [5.74, 6) is 2.28. The second-order valence-electron chi connectivity index (χ2n) is 4.36. The van der Waals surface area contributed by atoms with Gasteiger partial charge in [0.2, 0.25) is 6.79 Å². The zero-order valence-electron chi connectivity index (χ0n) is 8.96. The molecule has 0 spiro atoms. The average molecular weight is 240 g/mol. The highest BCUT2D eigenvalue weighted by atomic mass is 35.5. The zero-order chi connectivity index (χ0) is 11.0. The summed E-state index contributed by atoms with van der Waals surface area (Å²) in [6.07, 6.45) is 2.24. The molecular formula is C12H14ClNO2. The second kappa shape index (κ2) is 4.15. The number of hydrogen-bond acceptors (Lipinski definition) is 3. The van der Waals surface area contributed by atoms with Crippen LogP contribution in [0.5, 0.6) is 11.5 Å². The van der Waals surface area contributed by atoms with Crippen molar-refractivity contribution in [1.29, 1.82) is 0 Å². The Balaban J connectivity index is 1.83. The van der Waals surface area contributed by atoms with Gasteiger partial charge in [-0.1, -0.05) is 11.6 Å². The summed E-state index contributed by atoms with van der Waals surface area (Å²) in [4.78, 5) is 0. The lowest BCUT2D eigenvalue weighted by Crippen LogP contribution is -2.10. The largest absolute Gasteiger partial charge is 0.454 e. The number of halogens is 1. The van der Waals surface area contributed by atoms with Gasteiger partial charge in [-0.15, -0.1) is 0 Å². The van der Waals surface area contributed by atoms with Gasteiger partial charge < -0.3 is 14.8 Å². The monoisotopic (exact) mass is 239 g/mol. The Morgan fingerprint density at radius 2 is 2.12 bits per heavy atom. The van der Waals surface area contributed by atoms with Crippen LogP contribution in [0.3, 0.4) is 0 Å². The van der Waals surface area contributed by atoms with E-state index in [-0.39, 0.29) is 0 Å². The predicted molar refractivity (Wildman–Crippen MR) is 62.3 cm³/mol. The molecule has 0 saturated carbocycles. The van der Waals surface area contributed by atoms with E-state index < -0.39 is 0 Å². The third-order valence-corrected chi connectivity index (χ3v) is 3.56. The standard InChI is InChI=1S/C12H14ClNO2/c13-10-5-12-11(15-7-16-12)4-9(10)3-8-1-2-14-6-8/h4-5,8,14H,1-3,6-7H2. The van der Waals surface area contributed by atoms with Crippen molar-refractivity contribution in [2.75, 3.05) is 19.9 Å². The van der Waals surface area contributed by atoms with E-state index >= 15 is 0 Å². The Kier molecular flexibility index (Phi) is 2.65. The molecule has 4 heteroatoms. The molecule has 0 aliphatic carbocycles. The highest BCUT2D eigenvalue weighted by molar-refractivity contribution is 6.31. The van der Waals surface area contributed by atoms with Crippen LogP contribution in [0.25, 0.3) is 0 Å². The molecule has 2 aliphatic heterocycles. The number of rotatable bonds is 2. The number of hydrogen-bond donors (Lipinski definition) is 1. The van der Waals surface area contributed by atoms with Gasteiger partial charge in [0.05, 0.1) is 0 Å². The maximum atomic E-state index is 6.23. The minimum Gasteiger partial charge on any atom is -0.454 e. The van der Waals surface area contributed by atoms with Crippen LogP contribution in [0, 0.1) is 5.92 Å². The minimum absolute atomic E-state index is 0.306. The smallest absolute Gasteiger partial charge is 0.231 e. The molecule has 2 heterocycles. The fraction of sp³-hybridized carbons (Fsp3) is 0.500. The van der Waals surface area contributed by atoms with Crippen molar-refractivity contribution in [2.24, 2.45) is 5.92 Å². The molecular weight excluding hydrogens is 226 g/mol. The van der Waals surface area contributed by atoms with E-state index in [9.17, 15) is 0 Å². The number of benzene rings is 1. The van der Waals surface area contributed by atoms with Gasteiger partial charge in [-0.3, -0.25) is 0 Å². The van der Waals surface area contributed by atoms with E-state index in [1.54, 1.807) is 0 Å². The first-order valence-electron chi connectivity index (χ1n) is 5.61. The topological polar surface area (TPSA) is 30.5 Å². The van der Waals surface area contributed by atoms with Crippen LogP contribution in [0.15, 0.2) is 12.1 Å². The predicted octanol–water partition coefficient (Wildman–Crippen LogP) is 2.22. The Morgan fingerprint density at radius 1 is 1.31 bits per heavy atom. The first kappa shape index (κ1) is 10.2. The molecule has 0 radical (unpaired) electrons. The maximum Gasteiger partial charge on any atom is 0.231 e. The number of fused-ring (bicyclic) bond motifs is 1. The normalized spacial score (nSPS) is 22.7. The van der Waals surface area contributed by atoms with Crippen LogP contribution in [-0.4, -0.2) is 19.9 Å². The van der Waals surface area contributed by atoms with Crippen molar-refractivity contribution in [1.82, 2.24) is 5.32 Å². The molecule has 1 fully saturated rings. The lowest BCUT2D eigenvalue weighted by Gasteiger charge is -2.10. The Labute approximate surface area is 99.7 Å². The summed E-state index contributed by atoms with van der Waals surface area (Å²) >= 11 is 6.23. The first-order chi connectivity index (χ1) is 7.83. The van der Waals surface area contributed by atoms with Crippen molar-refractivity contribution < 1.29 is 9.47 Å². The molecule has 1 atom stereocenters. The lowest BCUT2D eigenvalue weighted by atomic mass is 9.98. The average Bonchev–Trinajstić information content (AvgIpc) is 2.89. The van der Waals surface area contributed by atoms with Crippen molar-refractivity contribution >= 4 is 11.6 Å². The third kappa shape index (κ3) is 1.85. The molecule has 86 valence electrons.